The van der Waals surface area contributed by atoms with Gasteiger partial charge >= 0.3 is 0 Å². The van der Waals surface area contributed by atoms with Crippen LogP contribution in [0.4, 0.5) is 0 Å². The molecule has 1 aliphatic carbocycles. The largest absolute Gasteiger partial charge is 0.367 e. The second-order valence-corrected chi connectivity index (χ2v) is 5.11. The number of hydrogen-bond donors (Lipinski definition) is 2. The van der Waals surface area contributed by atoms with Gasteiger partial charge in [-0.05, 0) is 32.7 Å². The minimum atomic E-state index is -0.338. The van der Waals surface area contributed by atoms with E-state index in [1.54, 1.807) is 0 Å². The van der Waals surface area contributed by atoms with Gasteiger partial charge in [0.1, 0.15) is 6.10 Å². The highest BCUT2D eigenvalue weighted by atomic mass is 16.5. The molecule has 0 heterocycles. The van der Waals surface area contributed by atoms with Crippen LogP contribution in [0.3, 0.4) is 0 Å². The molecule has 2 N–H and O–H groups in total. The normalized spacial score (nSPS) is 18.6. The van der Waals surface area contributed by atoms with Crippen LogP contribution in [0, 0.1) is 0 Å². The van der Waals surface area contributed by atoms with Crippen molar-refractivity contribution in [2.75, 3.05) is 19.7 Å². The molecule has 1 aliphatic rings. The molecule has 4 heteroatoms. The predicted octanol–water partition coefficient (Wildman–Crippen LogP) is 1.84. The van der Waals surface area contributed by atoms with E-state index in [-0.39, 0.29) is 12.0 Å². The van der Waals surface area contributed by atoms with Crippen LogP contribution in [0.15, 0.2) is 0 Å². The number of carbonyl (C=O) groups excluding carboxylic acids is 1. The first-order chi connectivity index (χ1) is 8.74. The Morgan fingerprint density at radius 1 is 1.28 bits per heavy atom. The number of amides is 1. The standard InChI is InChI=1S/C14H28N2O2/c1-3-9-15-10-11-18-12(2)14(17)16-13-7-5-4-6-8-13/h12-13,15H,3-11H2,1-2H3,(H,16,17). The molecule has 4 nitrogen and oxygen atoms in total. The van der Waals surface area contributed by atoms with Gasteiger partial charge < -0.3 is 15.4 Å². The highest BCUT2D eigenvalue weighted by Crippen LogP contribution is 2.17. The number of rotatable bonds is 8. The molecule has 1 atom stereocenters. The summed E-state index contributed by atoms with van der Waals surface area (Å²) < 4.78 is 5.52. The van der Waals surface area contributed by atoms with E-state index < -0.39 is 0 Å². The molecule has 0 aromatic rings. The number of hydrogen-bond acceptors (Lipinski definition) is 3. The van der Waals surface area contributed by atoms with E-state index in [9.17, 15) is 4.79 Å². The second-order valence-electron chi connectivity index (χ2n) is 5.11. The molecule has 18 heavy (non-hydrogen) atoms. The SMILES string of the molecule is CCCNCCOC(C)C(=O)NC1CCCCC1. The highest BCUT2D eigenvalue weighted by Gasteiger charge is 2.19. The lowest BCUT2D eigenvalue weighted by Gasteiger charge is -2.24. The summed E-state index contributed by atoms with van der Waals surface area (Å²) in [5.74, 6) is 0.0393. The first-order valence-electron chi connectivity index (χ1n) is 7.36. The summed E-state index contributed by atoms with van der Waals surface area (Å²) in [6.07, 6.45) is 6.81. The van der Waals surface area contributed by atoms with Crippen molar-refractivity contribution in [3.8, 4) is 0 Å². The van der Waals surface area contributed by atoms with Gasteiger partial charge in [0.2, 0.25) is 5.91 Å². The first-order valence-corrected chi connectivity index (χ1v) is 7.36. The molecule has 1 rings (SSSR count). The van der Waals surface area contributed by atoms with Gasteiger partial charge in [-0.25, -0.2) is 0 Å². The van der Waals surface area contributed by atoms with Crippen LogP contribution < -0.4 is 10.6 Å². The Bertz CT molecular complexity index is 228. The van der Waals surface area contributed by atoms with Crippen LogP contribution in [0.5, 0.6) is 0 Å². The molecule has 1 unspecified atom stereocenters. The first kappa shape index (κ1) is 15.4. The number of ether oxygens (including phenoxy) is 1. The Hall–Kier alpha value is -0.610. The summed E-state index contributed by atoms with van der Waals surface area (Å²) in [5, 5.41) is 6.34. The summed E-state index contributed by atoms with van der Waals surface area (Å²) in [6, 6.07) is 0.371. The molecule has 0 spiro atoms. The molecule has 0 aromatic carbocycles. The molecule has 0 bridgehead atoms. The van der Waals surface area contributed by atoms with Crippen LogP contribution in [-0.2, 0) is 9.53 Å². The molecular weight excluding hydrogens is 228 g/mol. The van der Waals surface area contributed by atoms with Crippen LogP contribution in [-0.4, -0.2) is 37.7 Å². The molecule has 0 aromatic heterocycles. The Morgan fingerprint density at radius 3 is 2.67 bits per heavy atom. The summed E-state index contributed by atoms with van der Waals surface area (Å²) >= 11 is 0. The molecule has 1 saturated carbocycles. The van der Waals surface area contributed by atoms with Crippen molar-refractivity contribution in [3.63, 3.8) is 0 Å². The fourth-order valence-electron chi connectivity index (χ4n) is 2.25. The van der Waals surface area contributed by atoms with Gasteiger partial charge in [-0.3, -0.25) is 4.79 Å². The molecule has 0 aliphatic heterocycles. The van der Waals surface area contributed by atoms with Gasteiger partial charge in [0.15, 0.2) is 0 Å². The van der Waals surface area contributed by atoms with Crippen LogP contribution in [0.1, 0.15) is 52.4 Å². The van der Waals surface area contributed by atoms with Gasteiger partial charge in [0, 0.05) is 12.6 Å². The van der Waals surface area contributed by atoms with Crippen LogP contribution >= 0.6 is 0 Å². The smallest absolute Gasteiger partial charge is 0.249 e. The third-order valence-electron chi connectivity index (χ3n) is 3.39. The Labute approximate surface area is 111 Å². The molecule has 1 amide bonds. The minimum Gasteiger partial charge on any atom is -0.367 e. The maximum Gasteiger partial charge on any atom is 0.249 e. The van der Waals surface area contributed by atoms with E-state index in [1.165, 1.54) is 19.3 Å². The van der Waals surface area contributed by atoms with Gasteiger partial charge in [-0.2, -0.15) is 0 Å². The lowest BCUT2D eigenvalue weighted by molar-refractivity contribution is -0.132. The van der Waals surface area contributed by atoms with Crippen LogP contribution in [0.2, 0.25) is 0 Å². The summed E-state index contributed by atoms with van der Waals surface area (Å²) in [5.41, 5.74) is 0. The molecule has 0 radical (unpaired) electrons. The van der Waals surface area contributed by atoms with E-state index in [4.69, 9.17) is 4.74 Å². The fraction of sp³-hybridized carbons (Fsp3) is 0.929. The Balaban J connectivity index is 2.08. The zero-order valence-electron chi connectivity index (χ0n) is 11.8. The Kier molecular flexibility index (Phi) is 8.01. The molecule has 106 valence electrons. The van der Waals surface area contributed by atoms with Crippen LogP contribution in [0.25, 0.3) is 0 Å². The summed E-state index contributed by atoms with van der Waals surface area (Å²) in [4.78, 5) is 11.9. The van der Waals surface area contributed by atoms with Gasteiger partial charge in [-0.15, -0.1) is 0 Å². The van der Waals surface area contributed by atoms with E-state index in [0.717, 1.165) is 32.4 Å². The van der Waals surface area contributed by atoms with Crippen molar-refractivity contribution in [3.05, 3.63) is 0 Å². The third kappa shape index (κ3) is 6.36. The maximum atomic E-state index is 11.9. The predicted molar refractivity (Wildman–Crippen MR) is 73.6 cm³/mol. The average molecular weight is 256 g/mol. The highest BCUT2D eigenvalue weighted by molar-refractivity contribution is 5.80. The second kappa shape index (κ2) is 9.34. The quantitative estimate of drug-likeness (QED) is 0.652. The lowest BCUT2D eigenvalue weighted by Crippen LogP contribution is -2.42. The molecular formula is C14H28N2O2. The van der Waals surface area contributed by atoms with Crippen molar-refractivity contribution < 1.29 is 9.53 Å². The topological polar surface area (TPSA) is 50.4 Å². The van der Waals surface area contributed by atoms with E-state index in [0.29, 0.717) is 12.6 Å². The van der Waals surface area contributed by atoms with Crippen molar-refractivity contribution in [1.82, 2.24) is 10.6 Å². The van der Waals surface area contributed by atoms with Gasteiger partial charge in [0.05, 0.1) is 6.61 Å². The molecule has 1 fully saturated rings. The third-order valence-corrected chi connectivity index (χ3v) is 3.39. The Morgan fingerprint density at radius 2 is 2.00 bits per heavy atom. The van der Waals surface area contributed by atoms with Gasteiger partial charge in [0.25, 0.3) is 0 Å². The zero-order valence-corrected chi connectivity index (χ0v) is 11.8. The summed E-state index contributed by atoms with van der Waals surface area (Å²) in [6.45, 7) is 6.38. The van der Waals surface area contributed by atoms with Crippen molar-refractivity contribution in [2.24, 2.45) is 0 Å². The molecule has 0 saturated heterocycles. The van der Waals surface area contributed by atoms with Crippen molar-refractivity contribution >= 4 is 5.91 Å². The average Bonchev–Trinajstić information content (AvgIpc) is 2.39. The van der Waals surface area contributed by atoms with E-state index in [2.05, 4.69) is 17.6 Å². The van der Waals surface area contributed by atoms with Crippen molar-refractivity contribution in [1.29, 1.82) is 0 Å². The number of carbonyl (C=O) groups is 1. The van der Waals surface area contributed by atoms with Crippen molar-refractivity contribution in [2.45, 2.75) is 64.5 Å². The zero-order chi connectivity index (χ0) is 13.2. The lowest BCUT2D eigenvalue weighted by atomic mass is 9.95. The van der Waals surface area contributed by atoms with Gasteiger partial charge in [-0.1, -0.05) is 26.2 Å². The summed E-state index contributed by atoms with van der Waals surface area (Å²) in [7, 11) is 0. The maximum absolute atomic E-state index is 11.9. The fourth-order valence-corrected chi connectivity index (χ4v) is 2.25. The minimum absolute atomic E-state index is 0.0393. The monoisotopic (exact) mass is 256 g/mol. The number of nitrogens with one attached hydrogen (secondary N) is 2. The van der Waals surface area contributed by atoms with E-state index in [1.807, 2.05) is 6.92 Å². The van der Waals surface area contributed by atoms with E-state index >= 15 is 0 Å².